The van der Waals surface area contributed by atoms with Gasteiger partial charge in [-0.05, 0) is 74.6 Å². The molecule has 0 aliphatic rings. The summed E-state index contributed by atoms with van der Waals surface area (Å²) in [5.74, 6) is -0.282. The number of nitrogens with one attached hydrogen (secondary N) is 2. The van der Waals surface area contributed by atoms with E-state index in [0.29, 0.717) is 23.4 Å². The predicted molar refractivity (Wildman–Crippen MR) is 125 cm³/mol. The first kappa shape index (κ1) is 22.6. The second kappa shape index (κ2) is 9.79. The van der Waals surface area contributed by atoms with Crippen LogP contribution in [-0.2, 0) is 16.4 Å². The summed E-state index contributed by atoms with van der Waals surface area (Å²) in [7, 11) is -3.81. The number of aryl methyl sites for hydroxylation is 4. The third-order valence-corrected chi connectivity index (χ3v) is 6.58. The second-order valence-electron chi connectivity index (χ2n) is 7.80. The van der Waals surface area contributed by atoms with Gasteiger partial charge in [-0.15, -0.1) is 0 Å². The van der Waals surface area contributed by atoms with Gasteiger partial charge in [-0.2, -0.15) is 0 Å². The number of carbonyl (C=O) groups is 1. The second-order valence-corrected chi connectivity index (χ2v) is 9.45. The Morgan fingerprint density at radius 2 is 1.61 bits per heavy atom. The van der Waals surface area contributed by atoms with Crippen molar-refractivity contribution in [3.05, 3.63) is 94.5 Å². The molecule has 2 N–H and O–H groups in total. The maximum atomic E-state index is 12.9. The maximum absolute atomic E-state index is 12.9. The fourth-order valence-electron chi connectivity index (χ4n) is 3.30. The number of anilines is 1. The molecule has 162 valence electrons. The largest absolute Gasteiger partial charge is 0.352 e. The van der Waals surface area contributed by atoms with Crippen LogP contribution in [-0.4, -0.2) is 20.9 Å². The van der Waals surface area contributed by atoms with Gasteiger partial charge < -0.3 is 5.32 Å². The molecule has 0 aromatic heterocycles. The lowest BCUT2D eigenvalue weighted by Crippen LogP contribution is -2.25. The Balaban J connectivity index is 1.65. The molecule has 3 rings (SSSR count). The van der Waals surface area contributed by atoms with E-state index in [1.807, 2.05) is 13.0 Å². The third-order valence-electron chi connectivity index (χ3n) is 5.06. The van der Waals surface area contributed by atoms with Crippen molar-refractivity contribution in [3.8, 4) is 0 Å². The Hall–Kier alpha value is -3.12. The van der Waals surface area contributed by atoms with Crippen LogP contribution in [0, 0.1) is 20.8 Å². The lowest BCUT2D eigenvalue weighted by molar-refractivity contribution is 0.0953. The molecular weight excluding hydrogens is 408 g/mol. The minimum Gasteiger partial charge on any atom is -0.352 e. The van der Waals surface area contributed by atoms with Gasteiger partial charge in [0.15, 0.2) is 0 Å². The predicted octanol–water partition coefficient (Wildman–Crippen LogP) is 4.78. The molecule has 0 radical (unpaired) electrons. The molecule has 31 heavy (non-hydrogen) atoms. The lowest BCUT2D eigenvalue weighted by atomic mass is 10.1. The summed E-state index contributed by atoms with van der Waals surface area (Å²) in [5.41, 5.74) is 4.80. The van der Waals surface area contributed by atoms with Gasteiger partial charge in [-0.1, -0.05) is 48.0 Å². The quantitative estimate of drug-likeness (QED) is 0.499. The summed E-state index contributed by atoms with van der Waals surface area (Å²) >= 11 is 0. The van der Waals surface area contributed by atoms with E-state index in [4.69, 9.17) is 0 Å². The summed E-state index contributed by atoms with van der Waals surface area (Å²) in [6.45, 7) is 6.18. The van der Waals surface area contributed by atoms with Gasteiger partial charge in [0.2, 0.25) is 0 Å². The fourth-order valence-corrected chi connectivity index (χ4v) is 4.62. The average Bonchev–Trinajstić information content (AvgIpc) is 2.72. The Morgan fingerprint density at radius 1 is 0.871 bits per heavy atom. The van der Waals surface area contributed by atoms with Crippen LogP contribution in [0.3, 0.4) is 0 Å². The van der Waals surface area contributed by atoms with Crippen LogP contribution in [0.2, 0.25) is 0 Å². The fraction of sp³-hybridized carbons (Fsp3) is 0.240. The molecule has 0 aliphatic heterocycles. The molecule has 0 bridgehead atoms. The smallest absolute Gasteiger partial charge is 0.262 e. The maximum Gasteiger partial charge on any atom is 0.262 e. The molecule has 0 unspecified atom stereocenters. The average molecular weight is 437 g/mol. The van der Waals surface area contributed by atoms with Crippen molar-refractivity contribution in [2.75, 3.05) is 11.3 Å². The van der Waals surface area contributed by atoms with Gasteiger partial charge in [-0.3, -0.25) is 9.52 Å². The number of carbonyl (C=O) groups excluding carboxylic acids is 1. The summed E-state index contributed by atoms with van der Waals surface area (Å²) < 4.78 is 28.4. The Labute approximate surface area is 184 Å². The van der Waals surface area contributed by atoms with Crippen LogP contribution >= 0.6 is 0 Å². The zero-order valence-electron chi connectivity index (χ0n) is 18.1. The molecule has 0 saturated carbocycles. The molecule has 3 aromatic rings. The zero-order chi connectivity index (χ0) is 22.4. The van der Waals surface area contributed by atoms with E-state index < -0.39 is 10.0 Å². The SMILES string of the molecule is Cc1ccc(CCCNC(=O)c2ccc(C)c(S(=O)(=O)Nc3cccc(C)c3)c2)cc1. The van der Waals surface area contributed by atoms with Crippen molar-refractivity contribution in [2.24, 2.45) is 0 Å². The highest BCUT2D eigenvalue weighted by Crippen LogP contribution is 2.21. The molecule has 3 aromatic carbocycles. The normalized spacial score (nSPS) is 11.2. The van der Waals surface area contributed by atoms with Crippen molar-refractivity contribution >= 4 is 21.6 Å². The first-order chi connectivity index (χ1) is 14.7. The van der Waals surface area contributed by atoms with Gasteiger partial charge in [0.05, 0.1) is 4.90 Å². The molecule has 0 fully saturated rings. The lowest BCUT2D eigenvalue weighted by Gasteiger charge is -2.13. The van der Waals surface area contributed by atoms with Gasteiger partial charge >= 0.3 is 0 Å². The highest BCUT2D eigenvalue weighted by molar-refractivity contribution is 7.92. The van der Waals surface area contributed by atoms with E-state index in [-0.39, 0.29) is 10.8 Å². The van der Waals surface area contributed by atoms with Crippen molar-refractivity contribution in [1.29, 1.82) is 0 Å². The highest BCUT2D eigenvalue weighted by atomic mass is 32.2. The topological polar surface area (TPSA) is 75.3 Å². The molecule has 0 heterocycles. The number of hydrogen-bond donors (Lipinski definition) is 2. The van der Waals surface area contributed by atoms with Gasteiger partial charge in [0.25, 0.3) is 15.9 Å². The Morgan fingerprint density at radius 3 is 2.32 bits per heavy atom. The summed E-state index contributed by atoms with van der Waals surface area (Å²) in [4.78, 5) is 12.7. The van der Waals surface area contributed by atoms with Crippen LogP contribution in [0.15, 0.2) is 71.6 Å². The van der Waals surface area contributed by atoms with Crippen LogP contribution < -0.4 is 10.0 Å². The molecule has 0 aliphatic carbocycles. The van der Waals surface area contributed by atoms with Crippen LogP contribution in [0.25, 0.3) is 0 Å². The van der Waals surface area contributed by atoms with E-state index in [2.05, 4.69) is 41.2 Å². The van der Waals surface area contributed by atoms with E-state index in [1.165, 1.54) is 17.2 Å². The standard InChI is InChI=1S/C25H28N2O3S/c1-18-9-12-21(13-10-18)7-5-15-26-25(28)22-14-11-20(3)24(17-22)31(29,30)27-23-8-4-6-19(2)16-23/h4,6,8-14,16-17,27H,5,7,15H2,1-3H3,(H,26,28). The molecule has 0 saturated heterocycles. The number of amides is 1. The highest BCUT2D eigenvalue weighted by Gasteiger charge is 2.19. The van der Waals surface area contributed by atoms with E-state index in [0.717, 1.165) is 18.4 Å². The monoisotopic (exact) mass is 436 g/mol. The van der Waals surface area contributed by atoms with Crippen molar-refractivity contribution in [2.45, 2.75) is 38.5 Å². The Kier molecular flexibility index (Phi) is 7.13. The van der Waals surface area contributed by atoms with Crippen LogP contribution in [0.4, 0.5) is 5.69 Å². The van der Waals surface area contributed by atoms with Gasteiger partial charge in [0.1, 0.15) is 0 Å². The minimum absolute atomic E-state index is 0.0984. The molecule has 6 heteroatoms. The van der Waals surface area contributed by atoms with Crippen molar-refractivity contribution < 1.29 is 13.2 Å². The first-order valence-corrected chi connectivity index (χ1v) is 11.8. The zero-order valence-corrected chi connectivity index (χ0v) is 18.9. The number of rotatable bonds is 8. The Bertz CT molecular complexity index is 1170. The molecule has 5 nitrogen and oxygen atoms in total. The summed E-state index contributed by atoms with van der Waals surface area (Å²) in [6, 6.07) is 20.2. The minimum atomic E-state index is -3.81. The number of benzene rings is 3. The first-order valence-electron chi connectivity index (χ1n) is 10.3. The van der Waals surface area contributed by atoms with Gasteiger partial charge in [0, 0.05) is 17.8 Å². The third kappa shape index (κ3) is 6.18. The molecule has 0 spiro atoms. The molecule has 0 atom stereocenters. The number of sulfonamides is 1. The van der Waals surface area contributed by atoms with E-state index in [1.54, 1.807) is 37.3 Å². The number of hydrogen-bond acceptors (Lipinski definition) is 3. The van der Waals surface area contributed by atoms with Gasteiger partial charge in [-0.25, -0.2) is 8.42 Å². The molecule has 1 amide bonds. The van der Waals surface area contributed by atoms with E-state index in [9.17, 15) is 13.2 Å². The van der Waals surface area contributed by atoms with Crippen LogP contribution in [0.5, 0.6) is 0 Å². The van der Waals surface area contributed by atoms with Crippen molar-refractivity contribution in [1.82, 2.24) is 5.32 Å². The van der Waals surface area contributed by atoms with Crippen molar-refractivity contribution in [3.63, 3.8) is 0 Å². The van der Waals surface area contributed by atoms with E-state index >= 15 is 0 Å². The summed E-state index contributed by atoms with van der Waals surface area (Å²) in [5, 5.41) is 2.88. The summed E-state index contributed by atoms with van der Waals surface area (Å²) in [6.07, 6.45) is 1.68. The van der Waals surface area contributed by atoms with Crippen LogP contribution in [0.1, 0.15) is 39.0 Å². The molecular formula is C25H28N2O3S.